The molecule has 0 saturated heterocycles. The van der Waals surface area contributed by atoms with E-state index in [2.05, 4.69) is 0 Å². The number of aryl methyl sites for hydroxylation is 1. The van der Waals surface area contributed by atoms with Gasteiger partial charge in [0, 0.05) is 19.7 Å². The van der Waals surface area contributed by atoms with Crippen molar-refractivity contribution in [1.82, 2.24) is 0 Å². The van der Waals surface area contributed by atoms with E-state index in [0.717, 1.165) is 24.8 Å². The van der Waals surface area contributed by atoms with E-state index in [9.17, 15) is 13.2 Å². The van der Waals surface area contributed by atoms with Crippen molar-refractivity contribution in [3.05, 3.63) is 23.8 Å². The Hall–Kier alpha value is -1.40. The fourth-order valence-electron chi connectivity index (χ4n) is 1.98. The smallest absolute Gasteiger partial charge is 0.297 e. The number of nitrogens with zero attached hydrogens (tertiary/aromatic N) is 1. The highest BCUT2D eigenvalue weighted by atomic mass is 32.2. The molecule has 2 rings (SSSR count). The number of hydrogen-bond acceptors (Lipinski definition) is 4. The van der Waals surface area contributed by atoms with Gasteiger partial charge in [0.15, 0.2) is 0 Å². The summed E-state index contributed by atoms with van der Waals surface area (Å²) >= 11 is 0. The Labute approximate surface area is 119 Å². The van der Waals surface area contributed by atoms with E-state index in [1.54, 1.807) is 13.1 Å². The molecule has 0 N–H and O–H groups in total. The summed E-state index contributed by atoms with van der Waals surface area (Å²) in [6.07, 6.45) is 2.37. The first kappa shape index (κ1) is 15.0. The molecule has 110 valence electrons. The van der Waals surface area contributed by atoms with Crippen molar-refractivity contribution < 1.29 is 17.4 Å². The van der Waals surface area contributed by atoms with E-state index >= 15 is 0 Å². The summed E-state index contributed by atoms with van der Waals surface area (Å²) < 4.78 is 29.5. The Balaban J connectivity index is 2.32. The van der Waals surface area contributed by atoms with Gasteiger partial charge in [0.25, 0.3) is 10.1 Å². The summed E-state index contributed by atoms with van der Waals surface area (Å²) in [6, 6.07) is 4.69. The van der Waals surface area contributed by atoms with Crippen LogP contribution in [0.5, 0.6) is 0 Å². The normalized spacial score (nSPS) is 15.8. The average molecular weight is 297 g/mol. The van der Waals surface area contributed by atoms with Crippen LogP contribution in [0.1, 0.15) is 31.7 Å². The van der Waals surface area contributed by atoms with Gasteiger partial charge in [-0.1, -0.05) is 6.07 Å². The highest BCUT2D eigenvalue weighted by Gasteiger charge is 2.27. The third-order valence-electron chi connectivity index (χ3n) is 3.62. The Morgan fingerprint density at radius 2 is 2.00 bits per heavy atom. The van der Waals surface area contributed by atoms with Crippen molar-refractivity contribution >= 4 is 21.7 Å². The lowest BCUT2D eigenvalue weighted by molar-refractivity contribution is -0.116. The van der Waals surface area contributed by atoms with Gasteiger partial charge in [0.2, 0.25) is 5.91 Å². The van der Waals surface area contributed by atoms with Gasteiger partial charge < -0.3 is 4.90 Å². The molecule has 1 fully saturated rings. The number of hydrogen-bond donors (Lipinski definition) is 0. The van der Waals surface area contributed by atoms with Gasteiger partial charge in [0.05, 0.1) is 11.0 Å². The molecule has 0 spiro atoms. The van der Waals surface area contributed by atoms with Gasteiger partial charge in [-0.05, 0) is 43.9 Å². The minimum absolute atomic E-state index is 0.0955. The molecule has 0 atom stereocenters. The molecule has 0 bridgehead atoms. The maximum atomic E-state index is 12.2. The third-order valence-corrected chi connectivity index (χ3v) is 4.97. The molecule has 0 aliphatic heterocycles. The topological polar surface area (TPSA) is 63.7 Å². The van der Waals surface area contributed by atoms with Crippen LogP contribution >= 0.6 is 0 Å². The van der Waals surface area contributed by atoms with Gasteiger partial charge in [-0.2, -0.15) is 8.42 Å². The van der Waals surface area contributed by atoms with Crippen molar-refractivity contribution in [1.29, 1.82) is 0 Å². The highest BCUT2D eigenvalue weighted by Crippen LogP contribution is 2.29. The second-order valence-electron chi connectivity index (χ2n) is 5.13. The molecule has 0 radical (unpaired) electrons. The number of rotatable bonds is 4. The lowest BCUT2D eigenvalue weighted by Crippen LogP contribution is -2.26. The second kappa shape index (κ2) is 5.54. The number of carbonyl (C=O) groups is 1. The summed E-state index contributed by atoms with van der Waals surface area (Å²) in [7, 11) is -2.14. The first-order chi connectivity index (χ1) is 9.31. The maximum Gasteiger partial charge on any atom is 0.297 e. The molecule has 1 saturated carbocycles. The van der Waals surface area contributed by atoms with Gasteiger partial charge in [0.1, 0.15) is 0 Å². The van der Waals surface area contributed by atoms with Crippen LogP contribution in [-0.2, 0) is 19.1 Å². The molecule has 1 amide bonds. The molecule has 0 heterocycles. The van der Waals surface area contributed by atoms with Gasteiger partial charge in [-0.3, -0.25) is 8.98 Å². The predicted molar refractivity (Wildman–Crippen MR) is 76.2 cm³/mol. The molecule has 1 aliphatic rings. The molecular weight excluding hydrogens is 278 g/mol. The van der Waals surface area contributed by atoms with Crippen LogP contribution in [0.4, 0.5) is 5.69 Å². The molecule has 0 unspecified atom stereocenters. The number of anilines is 1. The first-order valence-electron chi connectivity index (χ1n) is 6.59. The third kappa shape index (κ3) is 3.02. The van der Waals surface area contributed by atoms with Crippen molar-refractivity contribution in [2.24, 2.45) is 0 Å². The SMILES string of the molecule is CC(=O)N(C)c1cc(S(=O)(=O)OC2CCC2)ccc1C. The summed E-state index contributed by atoms with van der Waals surface area (Å²) in [5.74, 6) is -0.150. The Bertz CT molecular complexity index is 620. The van der Waals surface area contributed by atoms with Crippen molar-refractivity contribution in [2.45, 2.75) is 44.1 Å². The zero-order valence-corrected chi connectivity index (χ0v) is 12.7. The molecule has 1 aromatic rings. The van der Waals surface area contributed by atoms with Crippen molar-refractivity contribution in [3.8, 4) is 0 Å². The number of amides is 1. The first-order valence-corrected chi connectivity index (χ1v) is 8.00. The highest BCUT2D eigenvalue weighted by molar-refractivity contribution is 7.86. The Morgan fingerprint density at radius 1 is 1.35 bits per heavy atom. The maximum absolute atomic E-state index is 12.2. The lowest BCUT2D eigenvalue weighted by Gasteiger charge is -2.25. The summed E-state index contributed by atoms with van der Waals surface area (Å²) in [4.78, 5) is 13.0. The molecule has 1 aromatic carbocycles. The second-order valence-corrected chi connectivity index (χ2v) is 6.70. The van der Waals surface area contributed by atoms with E-state index in [1.807, 2.05) is 6.92 Å². The van der Waals surface area contributed by atoms with Gasteiger partial charge in [-0.25, -0.2) is 0 Å². The zero-order chi connectivity index (χ0) is 14.9. The Kier molecular flexibility index (Phi) is 4.15. The monoisotopic (exact) mass is 297 g/mol. The number of benzene rings is 1. The van der Waals surface area contributed by atoms with E-state index in [0.29, 0.717) is 5.69 Å². The Morgan fingerprint density at radius 3 is 2.50 bits per heavy atom. The van der Waals surface area contributed by atoms with Gasteiger partial charge >= 0.3 is 0 Å². The van der Waals surface area contributed by atoms with Crippen LogP contribution in [0, 0.1) is 6.92 Å². The average Bonchev–Trinajstić information content (AvgIpc) is 2.33. The molecule has 5 nitrogen and oxygen atoms in total. The van der Waals surface area contributed by atoms with Crippen LogP contribution in [0.2, 0.25) is 0 Å². The van der Waals surface area contributed by atoms with Crippen LogP contribution < -0.4 is 4.90 Å². The molecule has 1 aliphatic carbocycles. The summed E-state index contributed by atoms with van der Waals surface area (Å²) in [6.45, 7) is 3.27. The molecular formula is C14H19NO4S. The predicted octanol–water partition coefficient (Wildman–Crippen LogP) is 2.24. The quantitative estimate of drug-likeness (QED) is 0.800. The number of carbonyl (C=O) groups excluding carboxylic acids is 1. The van der Waals surface area contributed by atoms with Gasteiger partial charge in [-0.15, -0.1) is 0 Å². The molecule has 0 aromatic heterocycles. The van der Waals surface area contributed by atoms with Crippen molar-refractivity contribution in [3.63, 3.8) is 0 Å². The largest absolute Gasteiger partial charge is 0.315 e. The summed E-state index contributed by atoms with van der Waals surface area (Å²) in [5, 5.41) is 0. The van der Waals surface area contributed by atoms with Crippen molar-refractivity contribution in [2.75, 3.05) is 11.9 Å². The van der Waals surface area contributed by atoms with Crippen LogP contribution in [0.25, 0.3) is 0 Å². The van der Waals surface area contributed by atoms with Crippen LogP contribution in [0.15, 0.2) is 23.1 Å². The van der Waals surface area contributed by atoms with E-state index < -0.39 is 10.1 Å². The van der Waals surface area contributed by atoms with Crippen LogP contribution in [-0.4, -0.2) is 27.5 Å². The zero-order valence-electron chi connectivity index (χ0n) is 11.9. The minimum Gasteiger partial charge on any atom is -0.315 e. The van der Waals surface area contributed by atoms with Crippen LogP contribution in [0.3, 0.4) is 0 Å². The fourth-order valence-corrected chi connectivity index (χ4v) is 3.13. The molecule has 6 heteroatoms. The minimum atomic E-state index is -3.76. The fraction of sp³-hybridized carbons (Fsp3) is 0.500. The summed E-state index contributed by atoms with van der Waals surface area (Å²) in [5.41, 5.74) is 1.42. The van der Waals surface area contributed by atoms with E-state index in [-0.39, 0.29) is 16.9 Å². The van der Waals surface area contributed by atoms with E-state index in [4.69, 9.17) is 4.18 Å². The standard InChI is InChI=1S/C14H19NO4S/c1-10-7-8-13(9-14(10)15(3)11(2)16)20(17,18)19-12-5-4-6-12/h7-9,12H,4-6H2,1-3H3. The van der Waals surface area contributed by atoms with E-state index in [1.165, 1.54) is 24.0 Å². The molecule has 20 heavy (non-hydrogen) atoms. The lowest BCUT2D eigenvalue weighted by atomic mass is 9.97.